The van der Waals surface area contributed by atoms with E-state index in [4.69, 9.17) is 10.5 Å². The first kappa shape index (κ1) is 15.0. The summed E-state index contributed by atoms with van der Waals surface area (Å²) in [5.41, 5.74) is 9.27. The number of hydrogen-bond acceptors (Lipinski definition) is 2. The van der Waals surface area contributed by atoms with E-state index in [1.165, 1.54) is 5.69 Å². The van der Waals surface area contributed by atoms with E-state index in [1.807, 2.05) is 13.0 Å². The van der Waals surface area contributed by atoms with Gasteiger partial charge in [-0.3, -0.25) is 4.48 Å². The predicted octanol–water partition coefficient (Wildman–Crippen LogP) is 2.96. The average molecular weight is 251 g/mol. The lowest BCUT2D eigenvalue weighted by Gasteiger charge is -2.36. The minimum atomic E-state index is 0.786. The Hall–Kier alpha value is -1.06. The molecule has 0 unspecified atom stereocenters. The number of aryl methyl sites for hydroxylation is 1. The van der Waals surface area contributed by atoms with Gasteiger partial charge in [0.05, 0.1) is 19.7 Å². The highest BCUT2D eigenvalue weighted by molar-refractivity contribution is 5.56. The zero-order chi connectivity index (χ0) is 13.6. The summed E-state index contributed by atoms with van der Waals surface area (Å²) >= 11 is 0. The van der Waals surface area contributed by atoms with E-state index in [9.17, 15) is 0 Å². The number of nitrogens with two attached hydrogens (primary N) is 1. The number of nitrogen functional groups attached to an aromatic ring is 1. The van der Waals surface area contributed by atoms with Crippen LogP contribution in [0.15, 0.2) is 18.2 Å². The van der Waals surface area contributed by atoms with E-state index in [-0.39, 0.29) is 0 Å². The van der Waals surface area contributed by atoms with E-state index in [1.54, 1.807) is 0 Å². The molecule has 0 saturated heterocycles. The summed E-state index contributed by atoms with van der Waals surface area (Å²) in [5.74, 6) is 0. The molecular weight excluding hydrogens is 224 g/mol. The van der Waals surface area contributed by atoms with Gasteiger partial charge < -0.3 is 10.5 Å². The maximum Gasteiger partial charge on any atom is 0.133 e. The Balaban J connectivity index is 2.97. The van der Waals surface area contributed by atoms with Gasteiger partial charge in [0.1, 0.15) is 12.2 Å². The molecule has 18 heavy (non-hydrogen) atoms. The van der Waals surface area contributed by atoms with Gasteiger partial charge in [0.25, 0.3) is 0 Å². The van der Waals surface area contributed by atoms with Crippen molar-refractivity contribution in [3.8, 4) is 0 Å². The third-order valence-electron chi connectivity index (χ3n) is 3.88. The molecule has 0 aliphatic heterocycles. The van der Waals surface area contributed by atoms with Gasteiger partial charge in [-0.05, 0) is 39.3 Å². The molecule has 0 heterocycles. The van der Waals surface area contributed by atoms with Crippen LogP contribution in [-0.4, -0.2) is 32.8 Å². The number of hydrogen-bond donors (Lipinski definition) is 1. The van der Waals surface area contributed by atoms with Crippen molar-refractivity contribution < 1.29 is 4.74 Å². The lowest BCUT2D eigenvalue weighted by Crippen LogP contribution is -2.51. The van der Waals surface area contributed by atoms with Gasteiger partial charge in [-0.25, -0.2) is 0 Å². The predicted molar refractivity (Wildman–Crippen MR) is 79.8 cm³/mol. The first-order chi connectivity index (χ1) is 8.59. The lowest BCUT2D eigenvalue weighted by atomic mass is 10.1. The Morgan fingerprint density at radius 3 is 2.33 bits per heavy atom. The zero-order valence-corrected chi connectivity index (χ0v) is 12.2. The smallest absolute Gasteiger partial charge is 0.133 e. The highest BCUT2D eigenvalue weighted by Crippen LogP contribution is 2.26. The van der Waals surface area contributed by atoms with Crippen LogP contribution in [0.2, 0.25) is 0 Å². The largest absolute Gasteiger partial charge is 0.399 e. The van der Waals surface area contributed by atoms with Crippen molar-refractivity contribution in [2.24, 2.45) is 0 Å². The maximum atomic E-state index is 5.90. The molecule has 3 heteroatoms. The van der Waals surface area contributed by atoms with Gasteiger partial charge in [-0.1, -0.05) is 0 Å². The standard InChI is InChI=1S/C15H27N2O/c1-5-17(6-2,10-11-18-7-3)14-8-9-15(16)13(4)12-14/h8-9,12H,5-7,10-11,16H2,1-4H3/q+1. The molecule has 0 aliphatic carbocycles. The molecule has 0 spiro atoms. The van der Waals surface area contributed by atoms with E-state index < -0.39 is 0 Å². The van der Waals surface area contributed by atoms with Crippen LogP contribution in [0.1, 0.15) is 26.3 Å². The van der Waals surface area contributed by atoms with Crippen LogP contribution in [0.4, 0.5) is 11.4 Å². The van der Waals surface area contributed by atoms with Crippen molar-refractivity contribution in [2.45, 2.75) is 27.7 Å². The summed E-state index contributed by atoms with van der Waals surface area (Å²) in [6.07, 6.45) is 0. The van der Waals surface area contributed by atoms with Gasteiger partial charge in [0, 0.05) is 24.4 Å². The summed E-state index contributed by atoms with van der Waals surface area (Å²) in [6.45, 7) is 13.4. The van der Waals surface area contributed by atoms with Crippen LogP contribution < -0.4 is 10.2 Å². The van der Waals surface area contributed by atoms with Gasteiger partial charge >= 0.3 is 0 Å². The monoisotopic (exact) mass is 251 g/mol. The van der Waals surface area contributed by atoms with Crippen LogP contribution in [0.3, 0.4) is 0 Å². The van der Waals surface area contributed by atoms with Crippen molar-refractivity contribution in [1.29, 1.82) is 0 Å². The third-order valence-corrected chi connectivity index (χ3v) is 3.88. The van der Waals surface area contributed by atoms with E-state index in [0.717, 1.165) is 48.6 Å². The summed E-state index contributed by atoms with van der Waals surface area (Å²) in [6, 6.07) is 6.39. The molecule has 0 radical (unpaired) electrons. The maximum absolute atomic E-state index is 5.90. The minimum Gasteiger partial charge on any atom is -0.399 e. The van der Waals surface area contributed by atoms with Gasteiger partial charge in [0.15, 0.2) is 0 Å². The molecular formula is C15H27N2O+. The Morgan fingerprint density at radius 1 is 1.17 bits per heavy atom. The molecule has 1 aromatic carbocycles. The Morgan fingerprint density at radius 2 is 1.83 bits per heavy atom. The van der Waals surface area contributed by atoms with Crippen molar-refractivity contribution in [3.05, 3.63) is 23.8 Å². The molecule has 1 rings (SSSR count). The molecule has 0 saturated carbocycles. The Labute approximate surface area is 111 Å². The Bertz CT molecular complexity index is 373. The second-order valence-electron chi connectivity index (χ2n) is 4.74. The van der Waals surface area contributed by atoms with Crippen molar-refractivity contribution in [1.82, 2.24) is 4.48 Å². The SMILES string of the molecule is CCOCC[N+](CC)(CC)c1ccc(N)c(C)c1. The molecule has 0 fully saturated rings. The highest BCUT2D eigenvalue weighted by Gasteiger charge is 2.26. The molecule has 1 aromatic rings. The van der Waals surface area contributed by atoms with Crippen LogP contribution in [0, 0.1) is 6.92 Å². The first-order valence-corrected chi connectivity index (χ1v) is 6.90. The number of anilines is 1. The first-order valence-electron chi connectivity index (χ1n) is 6.90. The topological polar surface area (TPSA) is 35.2 Å². The van der Waals surface area contributed by atoms with Crippen molar-refractivity contribution >= 4 is 11.4 Å². The van der Waals surface area contributed by atoms with E-state index in [0.29, 0.717) is 0 Å². The number of nitrogens with zero attached hydrogens (tertiary/aromatic N) is 1. The zero-order valence-electron chi connectivity index (χ0n) is 12.2. The molecule has 0 atom stereocenters. The molecule has 0 aliphatic rings. The van der Waals surface area contributed by atoms with Gasteiger partial charge in [-0.2, -0.15) is 0 Å². The minimum absolute atomic E-state index is 0.786. The van der Waals surface area contributed by atoms with Crippen LogP contribution in [-0.2, 0) is 4.74 Å². The number of likely N-dealkylation sites (N-methyl/N-ethyl adjacent to an activating group) is 1. The van der Waals surface area contributed by atoms with Crippen LogP contribution in [0.5, 0.6) is 0 Å². The van der Waals surface area contributed by atoms with Crippen molar-refractivity contribution in [2.75, 3.05) is 38.6 Å². The average Bonchev–Trinajstić information content (AvgIpc) is 2.39. The number of quaternary nitrogens is 1. The molecule has 0 aromatic heterocycles. The fourth-order valence-electron chi connectivity index (χ4n) is 2.37. The summed E-state index contributed by atoms with van der Waals surface area (Å²) in [4.78, 5) is 0. The van der Waals surface area contributed by atoms with Crippen LogP contribution in [0.25, 0.3) is 0 Å². The quantitative estimate of drug-likeness (QED) is 0.459. The van der Waals surface area contributed by atoms with Crippen molar-refractivity contribution in [3.63, 3.8) is 0 Å². The fourth-order valence-corrected chi connectivity index (χ4v) is 2.37. The fraction of sp³-hybridized carbons (Fsp3) is 0.600. The van der Waals surface area contributed by atoms with Crippen LogP contribution >= 0.6 is 0 Å². The molecule has 102 valence electrons. The Kier molecular flexibility index (Phi) is 5.63. The molecule has 3 nitrogen and oxygen atoms in total. The molecule has 0 bridgehead atoms. The second-order valence-corrected chi connectivity index (χ2v) is 4.74. The van der Waals surface area contributed by atoms with E-state index in [2.05, 4.69) is 32.9 Å². The summed E-state index contributed by atoms with van der Waals surface area (Å²) in [5, 5.41) is 0. The second kappa shape index (κ2) is 6.76. The van der Waals surface area contributed by atoms with Gasteiger partial charge in [-0.15, -0.1) is 0 Å². The third kappa shape index (κ3) is 3.24. The van der Waals surface area contributed by atoms with Gasteiger partial charge in [0.2, 0.25) is 0 Å². The number of benzene rings is 1. The molecule has 2 N–H and O–H groups in total. The number of rotatable bonds is 7. The lowest BCUT2D eigenvalue weighted by molar-refractivity contribution is 0.118. The molecule has 0 amide bonds. The number of ether oxygens (including phenoxy) is 1. The normalized spacial score (nSPS) is 11.8. The highest BCUT2D eigenvalue weighted by atomic mass is 16.5. The van der Waals surface area contributed by atoms with E-state index >= 15 is 0 Å². The summed E-state index contributed by atoms with van der Waals surface area (Å²) < 4.78 is 6.49. The summed E-state index contributed by atoms with van der Waals surface area (Å²) in [7, 11) is 0.